The Balaban J connectivity index is 1.59. The molecule has 1 N–H and O–H groups in total. The number of rotatable bonds is 7. The minimum Gasteiger partial charge on any atom is -0.313 e. The van der Waals surface area contributed by atoms with E-state index in [0.717, 1.165) is 12.6 Å². The lowest BCUT2D eigenvalue weighted by atomic mass is 10.2. The Bertz CT molecular complexity index is 317. The summed E-state index contributed by atoms with van der Waals surface area (Å²) in [5, 5.41) is 5.75. The van der Waals surface area contributed by atoms with Gasteiger partial charge in [0, 0.05) is 30.6 Å². The molecule has 0 bridgehead atoms. The summed E-state index contributed by atoms with van der Waals surface area (Å²) >= 11 is 1.89. The minimum atomic E-state index is 0.841. The van der Waals surface area contributed by atoms with Crippen molar-refractivity contribution in [3.63, 3.8) is 0 Å². The topological polar surface area (TPSA) is 15.3 Å². The molecule has 1 fully saturated rings. The van der Waals surface area contributed by atoms with Gasteiger partial charge >= 0.3 is 0 Å². The lowest BCUT2D eigenvalue weighted by Gasteiger charge is -2.16. The summed E-state index contributed by atoms with van der Waals surface area (Å²) in [5.74, 6) is 0. The van der Waals surface area contributed by atoms with Crippen LogP contribution in [0.2, 0.25) is 0 Å². The highest BCUT2D eigenvalue weighted by Gasteiger charge is 2.19. The van der Waals surface area contributed by atoms with Crippen LogP contribution in [0.5, 0.6) is 0 Å². The SMILES string of the molecule is Cc1ccsc1CCN(C)CCNC1CC1. The van der Waals surface area contributed by atoms with Crippen molar-refractivity contribution in [1.82, 2.24) is 10.2 Å². The number of aryl methyl sites for hydroxylation is 1. The average Bonchev–Trinajstić information content (AvgIpc) is 2.99. The second-order valence-electron chi connectivity index (χ2n) is 4.81. The van der Waals surface area contributed by atoms with Crippen LogP contribution in [0.4, 0.5) is 0 Å². The Labute approximate surface area is 103 Å². The van der Waals surface area contributed by atoms with Gasteiger partial charge in [0.15, 0.2) is 0 Å². The molecule has 1 aromatic heterocycles. The molecule has 0 atom stereocenters. The number of hydrogen-bond donors (Lipinski definition) is 1. The average molecular weight is 238 g/mol. The molecule has 0 unspecified atom stereocenters. The third-order valence-corrected chi connectivity index (χ3v) is 4.28. The van der Waals surface area contributed by atoms with E-state index in [0.29, 0.717) is 0 Å². The van der Waals surface area contributed by atoms with Gasteiger partial charge in [0.05, 0.1) is 0 Å². The maximum absolute atomic E-state index is 3.55. The Morgan fingerprint density at radius 1 is 1.44 bits per heavy atom. The summed E-state index contributed by atoms with van der Waals surface area (Å²) < 4.78 is 0. The van der Waals surface area contributed by atoms with E-state index >= 15 is 0 Å². The van der Waals surface area contributed by atoms with Crippen molar-refractivity contribution in [1.29, 1.82) is 0 Å². The van der Waals surface area contributed by atoms with Gasteiger partial charge in [0.2, 0.25) is 0 Å². The molecule has 0 saturated heterocycles. The Morgan fingerprint density at radius 2 is 2.25 bits per heavy atom. The fourth-order valence-corrected chi connectivity index (χ4v) is 2.71. The molecule has 1 heterocycles. The van der Waals surface area contributed by atoms with Gasteiger partial charge in [0.25, 0.3) is 0 Å². The van der Waals surface area contributed by atoms with Gasteiger partial charge < -0.3 is 10.2 Å². The Hall–Kier alpha value is -0.380. The fourth-order valence-electron chi connectivity index (χ4n) is 1.81. The summed E-state index contributed by atoms with van der Waals surface area (Å²) in [6.45, 7) is 5.69. The highest BCUT2D eigenvalue weighted by Crippen LogP contribution is 2.18. The zero-order valence-electron chi connectivity index (χ0n) is 10.3. The maximum Gasteiger partial charge on any atom is 0.0104 e. The molecule has 0 spiro atoms. The zero-order valence-corrected chi connectivity index (χ0v) is 11.1. The largest absolute Gasteiger partial charge is 0.313 e. The van der Waals surface area contributed by atoms with Crippen molar-refractivity contribution >= 4 is 11.3 Å². The van der Waals surface area contributed by atoms with Gasteiger partial charge in [-0.1, -0.05) is 0 Å². The number of likely N-dealkylation sites (N-methyl/N-ethyl adjacent to an activating group) is 1. The molecule has 1 saturated carbocycles. The van der Waals surface area contributed by atoms with Gasteiger partial charge in [-0.15, -0.1) is 11.3 Å². The van der Waals surface area contributed by atoms with Crippen molar-refractivity contribution in [3.05, 3.63) is 21.9 Å². The highest BCUT2D eigenvalue weighted by atomic mass is 32.1. The summed E-state index contributed by atoms with van der Waals surface area (Å²) in [6.07, 6.45) is 3.97. The zero-order chi connectivity index (χ0) is 11.4. The molecule has 0 amide bonds. The summed E-state index contributed by atoms with van der Waals surface area (Å²) in [5.41, 5.74) is 1.45. The molecule has 16 heavy (non-hydrogen) atoms. The number of thiophene rings is 1. The molecule has 0 aliphatic heterocycles. The second-order valence-corrected chi connectivity index (χ2v) is 5.81. The van der Waals surface area contributed by atoms with Crippen LogP contribution in [-0.2, 0) is 6.42 Å². The van der Waals surface area contributed by atoms with Gasteiger partial charge in [-0.3, -0.25) is 0 Å². The van der Waals surface area contributed by atoms with E-state index in [1.54, 1.807) is 4.88 Å². The van der Waals surface area contributed by atoms with Crippen LogP contribution in [0.1, 0.15) is 23.3 Å². The molecule has 90 valence electrons. The van der Waals surface area contributed by atoms with E-state index in [9.17, 15) is 0 Å². The quantitative estimate of drug-likeness (QED) is 0.784. The van der Waals surface area contributed by atoms with Crippen molar-refractivity contribution < 1.29 is 0 Å². The van der Waals surface area contributed by atoms with Gasteiger partial charge in [-0.25, -0.2) is 0 Å². The van der Waals surface area contributed by atoms with Crippen molar-refractivity contribution in [2.75, 3.05) is 26.7 Å². The van der Waals surface area contributed by atoms with Gasteiger partial charge in [-0.2, -0.15) is 0 Å². The molecule has 0 radical (unpaired) electrons. The molecule has 1 aliphatic carbocycles. The molecule has 1 aliphatic rings. The van der Waals surface area contributed by atoms with Crippen LogP contribution in [0.25, 0.3) is 0 Å². The lowest BCUT2D eigenvalue weighted by Crippen LogP contribution is -2.31. The van der Waals surface area contributed by atoms with Crippen LogP contribution in [0, 0.1) is 6.92 Å². The first-order valence-corrected chi connectivity index (χ1v) is 7.08. The van der Waals surface area contributed by atoms with Crippen LogP contribution in [-0.4, -0.2) is 37.6 Å². The molecular weight excluding hydrogens is 216 g/mol. The third-order valence-electron chi connectivity index (χ3n) is 3.19. The van der Waals surface area contributed by atoms with Crippen LogP contribution in [0.15, 0.2) is 11.4 Å². The Morgan fingerprint density at radius 3 is 2.88 bits per heavy atom. The lowest BCUT2D eigenvalue weighted by molar-refractivity contribution is 0.336. The van der Waals surface area contributed by atoms with Crippen molar-refractivity contribution in [3.8, 4) is 0 Å². The maximum atomic E-state index is 3.55. The predicted octanol–water partition coefficient (Wildman–Crippen LogP) is 2.28. The van der Waals surface area contributed by atoms with E-state index < -0.39 is 0 Å². The molecule has 3 heteroatoms. The van der Waals surface area contributed by atoms with Crippen LogP contribution < -0.4 is 5.32 Å². The summed E-state index contributed by atoms with van der Waals surface area (Å²) in [4.78, 5) is 3.97. The predicted molar refractivity (Wildman–Crippen MR) is 71.3 cm³/mol. The first-order valence-electron chi connectivity index (χ1n) is 6.20. The third kappa shape index (κ3) is 3.89. The number of nitrogens with one attached hydrogen (secondary N) is 1. The summed E-state index contributed by atoms with van der Waals surface area (Å²) in [6, 6.07) is 3.06. The van der Waals surface area contributed by atoms with E-state index in [1.165, 1.54) is 37.9 Å². The van der Waals surface area contributed by atoms with Gasteiger partial charge in [0.1, 0.15) is 0 Å². The van der Waals surface area contributed by atoms with E-state index in [-0.39, 0.29) is 0 Å². The van der Waals surface area contributed by atoms with E-state index in [1.807, 2.05) is 11.3 Å². The molecule has 2 nitrogen and oxygen atoms in total. The highest BCUT2D eigenvalue weighted by molar-refractivity contribution is 7.10. The standard InChI is InChI=1S/C13H22N2S/c1-11-6-10-16-13(11)5-8-15(2)9-7-14-12-3-4-12/h6,10,12,14H,3-5,7-9H2,1-2H3. The minimum absolute atomic E-state index is 0.841. The number of nitrogens with zero attached hydrogens (tertiary/aromatic N) is 1. The van der Waals surface area contributed by atoms with Crippen LogP contribution in [0.3, 0.4) is 0 Å². The fraction of sp³-hybridized carbons (Fsp3) is 0.692. The second kappa shape index (κ2) is 5.80. The van der Waals surface area contributed by atoms with Gasteiger partial charge in [-0.05, 0) is 50.2 Å². The monoisotopic (exact) mass is 238 g/mol. The molecular formula is C13H22N2S. The Kier molecular flexibility index (Phi) is 4.38. The first-order chi connectivity index (χ1) is 7.75. The smallest absolute Gasteiger partial charge is 0.0104 e. The molecule has 2 rings (SSSR count). The normalized spacial score (nSPS) is 15.9. The van der Waals surface area contributed by atoms with E-state index in [2.05, 4.69) is 35.6 Å². The molecule has 0 aromatic carbocycles. The molecule has 1 aromatic rings. The first kappa shape index (κ1) is 12.1. The summed E-state index contributed by atoms with van der Waals surface area (Å²) in [7, 11) is 2.22. The van der Waals surface area contributed by atoms with Crippen molar-refractivity contribution in [2.45, 2.75) is 32.2 Å². The van der Waals surface area contributed by atoms with E-state index in [4.69, 9.17) is 0 Å². The van der Waals surface area contributed by atoms with Crippen molar-refractivity contribution in [2.24, 2.45) is 0 Å². The number of hydrogen-bond acceptors (Lipinski definition) is 3. The van der Waals surface area contributed by atoms with Crippen LogP contribution >= 0.6 is 11.3 Å².